The first-order valence-electron chi connectivity index (χ1n) is 6.90. The number of hydrogen-bond acceptors (Lipinski definition) is 4. The Hall–Kier alpha value is -1.91. The van der Waals surface area contributed by atoms with Crippen molar-refractivity contribution in [3.63, 3.8) is 0 Å². The zero-order valence-electron chi connectivity index (χ0n) is 13.5. The molecule has 0 N–H and O–H groups in total. The molecule has 0 aliphatic heterocycles. The molecule has 0 fully saturated rings. The molecule has 0 aliphatic rings. The minimum Gasteiger partial charge on any atom is -0.305 e. The average molecular weight is 350 g/mol. The maximum Gasteiger partial charge on any atom is 0.253 e. The highest BCUT2D eigenvalue weighted by molar-refractivity contribution is 7.90. The first kappa shape index (κ1) is 17.4. The van der Waals surface area contributed by atoms with Gasteiger partial charge in [0.25, 0.3) is 5.91 Å². The van der Waals surface area contributed by atoms with Crippen LogP contribution < -0.4 is 4.80 Å². The van der Waals surface area contributed by atoms with Gasteiger partial charge in [0.05, 0.1) is 21.7 Å². The molecule has 1 aromatic heterocycles. The van der Waals surface area contributed by atoms with Gasteiger partial charge in [-0.1, -0.05) is 38.0 Å². The molecule has 0 aliphatic carbocycles. The number of carbonyl (C=O) groups excluding carboxylic acids is 1. The number of nitrogens with zero attached hydrogens (tertiary/aromatic N) is 2. The standard InChI is InChI=1S/C16H18N2O3S2/c1-6-9-18-12-8-7-11(23(5,20)21)10-13(12)22-15(18)17-14(19)16(2,3)4/h1,7-8,10H,9H2,2-5H3. The highest BCUT2D eigenvalue weighted by Gasteiger charge is 2.21. The number of aromatic nitrogens is 1. The van der Waals surface area contributed by atoms with E-state index in [1.165, 1.54) is 17.4 Å². The molecule has 2 aromatic rings. The van der Waals surface area contributed by atoms with E-state index in [9.17, 15) is 13.2 Å². The number of benzene rings is 1. The summed E-state index contributed by atoms with van der Waals surface area (Å²) in [5, 5.41) is 0. The van der Waals surface area contributed by atoms with Crippen LogP contribution in [0.2, 0.25) is 0 Å². The summed E-state index contributed by atoms with van der Waals surface area (Å²) in [6.07, 6.45) is 6.57. The third-order valence-corrected chi connectivity index (χ3v) is 5.32. The van der Waals surface area contributed by atoms with Gasteiger partial charge in [0.2, 0.25) is 0 Å². The van der Waals surface area contributed by atoms with Gasteiger partial charge in [-0.05, 0) is 18.2 Å². The number of thiazole rings is 1. The van der Waals surface area contributed by atoms with Crippen LogP contribution in [0.4, 0.5) is 0 Å². The van der Waals surface area contributed by atoms with Crippen molar-refractivity contribution in [2.24, 2.45) is 10.4 Å². The van der Waals surface area contributed by atoms with Gasteiger partial charge in [-0.3, -0.25) is 4.79 Å². The summed E-state index contributed by atoms with van der Waals surface area (Å²) in [4.78, 5) is 17.1. The molecule has 0 saturated heterocycles. The normalized spacial score (nSPS) is 13.3. The fraction of sp³-hybridized carbons (Fsp3) is 0.375. The van der Waals surface area contributed by atoms with Crippen molar-refractivity contribution in [3.05, 3.63) is 23.0 Å². The van der Waals surface area contributed by atoms with Crippen LogP contribution in [0, 0.1) is 17.8 Å². The third kappa shape index (κ3) is 3.71. The minimum absolute atomic E-state index is 0.229. The van der Waals surface area contributed by atoms with Crippen molar-refractivity contribution in [1.82, 2.24) is 4.57 Å². The monoisotopic (exact) mass is 350 g/mol. The highest BCUT2D eigenvalue weighted by Crippen LogP contribution is 2.22. The van der Waals surface area contributed by atoms with E-state index in [2.05, 4.69) is 10.9 Å². The predicted octanol–water partition coefficient (Wildman–Crippen LogP) is 2.21. The molecule has 23 heavy (non-hydrogen) atoms. The van der Waals surface area contributed by atoms with E-state index in [1.54, 1.807) is 37.5 Å². The molecule has 1 aromatic carbocycles. The van der Waals surface area contributed by atoms with Crippen molar-refractivity contribution < 1.29 is 13.2 Å². The molecule has 7 heteroatoms. The number of sulfone groups is 1. The highest BCUT2D eigenvalue weighted by atomic mass is 32.2. The van der Waals surface area contributed by atoms with Gasteiger partial charge < -0.3 is 4.57 Å². The molecule has 1 heterocycles. The smallest absolute Gasteiger partial charge is 0.253 e. The molecule has 0 bridgehead atoms. The Morgan fingerprint density at radius 2 is 2.04 bits per heavy atom. The van der Waals surface area contributed by atoms with E-state index in [0.29, 0.717) is 4.80 Å². The SMILES string of the molecule is C#CCn1c(=NC(=O)C(C)(C)C)sc2cc(S(C)(=O)=O)ccc21. The summed E-state index contributed by atoms with van der Waals surface area (Å²) >= 11 is 1.25. The molecule has 0 atom stereocenters. The second-order valence-electron chi connectivity index (χ2n) is 6.24. The lowest BCUT2D eigenvalue weighted by Crippen LogP contribution is -2.23. The van der Waals surface area contributed by atoms with E-state index < -0.39 is 15.3 Å². The summed E-state index contributed by atoms with van der Waals surface area (Å²) in [6.45, 7) is 5.63. The lowest BCUT2D eigenvalue weighted by atomic mass is 9.96. The predicted molar refractivity (Wildman–Crippen MR) is 91.8 cm³/mol. The first-order valence-corrected chi connectivity index (χ1v) is 9.61. The molecule has 122 valence electrons. The zero-order valence-corrected chi connectivity index (χ0v) is 15.1. The van der Waals surface area contributed by atoms with Crippen molar-refractivity contribution in [2.45, 2.75) is 32.2 Å². The second-order valence-corrected chi connectivity index (χ2v) is 9.27. The van der Waals surface area contributed by atoms with E-state index in [0.717, 1.165) is 16.5 Å². The first-order chi connectivity index (χ1) is 10.5. The molecule has 1 amide bonds. The summed E-state index contributed by atoms with van der Waals surface area (Å²) in [5.74, 6) is 2.29. The van der Waals surface area contributed by atoms with Crippen molar-refractivity contribution in [3.8, 4) is 12.3 Å². The Morgan fingerprint density at radius 3 is 2.57 bits per heavy atom. The van der Waals surface area contributed by atoms with Gasteiger partial charge in [0.1, 0.15) is 0 Å². The van der Waals surface area contributed by atoms with Gasteiger partial charge in [-0.15, -0.1) is 6.42 Å². The molecule has 2 rings (SSSR count). The topological polar surface area (TPSA) is 68.5 Å². The van der Waals surface area contributed by atoms with E-state index in [1.807, 2.05) is 0 Å². The van der Waals surface area contributed by atoms with Gasteiger partial charge in [0, 0.05) is 11.7 Å². The Balaban J connectivity index is 2.75. The largest absolute Gasteiger partial charge is 0.305 e. The molecular formula is C16H18N2O3S2. The number of terminal acetylenes is 1. The van der Waals surface area contributed by atoms with Crippen LogP contribution in [-0.4, -0.2) is 25.1 Å². The van der Waals surface area contributed by atoms with E-state index in [4.69, 9.17) is 6.42 Å². The number of hydrogen-bond donors (Lipinski definition) is 0. The van der Waals surface area contributed by atoms with Gasteiger partial charge in [0.15, 0.2) is 14.6 Å². The van der Waals surface area contributed by atoms with Crippen LogP contribution in [0.1, 0.15) is 20.8 Å². The lowest BCUT2D eigenvalue weighted by Gasteiger charge is -2.11. The van der Waals surface area contributed by atoms with Gasteiger partial charge in [-0.2, -0.15) is 4.99 Å². The molecule has 0 unspecified atom stereocenters. The Morgan fingerprint density at radius 1 is 1.39 bits per heavy atom. The fourth-order valence-electron chi connectivity index (χ4n) is 1.87. The fourth-order valence-corrected chi connectivity index (χ4v) is 3.66. The van der Waals surface area contributed by atoms with Gasteiger partial charge in [-0.25, -0.2) is 8.42 Å². The number of rotatable bonds is 2. The summed E-state index contributed by atoms with van der Waals surface area (Å²) in [6, 6.07) is 4.82. The van der Waals surface area contributed by atoms with Crippen LogP contribution in [0.3, 0.4) is 0 Å². The number of carbonyl (C=O) groups is 1. The zero-order chi connectivity index (χ0) is 17.4. The maximum atomic E-state index is 12.2. The molecular weight excluding hydrogens is 332 g/mol. The third-order valence-electron chi connectivity index (χ3n) is 3.17. The van der Waals surface area contributed by atoms with E-state index in [-0.39, 0.29) is 17.3 Å². The number of fused-ring (bicyclic) bond motifs is 1. The Kier molecular flexibility index (Phi) is 4.51. The number of amides is 1. The van der Waals surface area contributed by atoms with E-state index >= 15 is 0 Å². The average Bonchev–Trinajstić information content (AvgIpc) is 2.74. The van der Waals surface area contributed by atoms with Crippen LogP contribution in [0.5, 0.6) is 0 Å². The molecule has 0 spiro atoms. The second kappa shape index (κ2) is 5.95. The maximum absolute atomic E-state index is 12.2. The van der Waals surface area contributed by atoms with Crippen molar-refractivity contribution >= 4 is 37.3 Å². The van der Waals surface area contributed by atoms with Crippen LogP contribution in [0.15, 0.2) is 28.1 Å². The summed E-state index contributed by atoms with van der Waals surface area (Å²) in [5.41, 5.74) is 0.169. The summed E-state index contributed by atoms with van der Waals surface area (Å²) in [7, 11) is -3.30. The van der Waals surface area contributed by atoms with Crippen molar-refractivity contribution in [2.75, 3.05) is 6.26 Å². The van der Waals surface area contributed by atoms with Crippen molar-refractivity contribution in [1.29, 1.82) is 0 Å². The molecule has 0 radical (unpaired) electrons. The summed E-state index contributed by atoms with van der Waals surface area (Å²) < 4.78 is 25.9. The van der Waals surface area contributed by atoms with Crippen LogP contribution in [0.25, 0.3) is 10.2 Å². The van der Waals surface area contributed by atoms with Crippen LogP contribution in [-0.2, 0) is 21.2 Å². The Labute approximate surface area is 139 Å². The quantitative estimate of drug-likeness (QED) is 0.780. The van der Waals surface area contributed by atoms with Gasteiger partial charge >= 0.3 is 0 Å². The van der Waals surface area contributed by atoms with Crippen LogP contribution >= 0.6 is 11.3 Å². The minimum atomic E-state index is -3.30. The molecule has 5 nitrogen and oxygen atoms in total. The Bertz CT molecular complexity index is 981. The lowest BCUT2D eigenvalue weighted by molar-refractivity contribution is -0.125. The molecule has 0 saturated carbocycles.